The molecule has 1 aliphatic heterocycles. The van der Waals surface area contributed by atoms with E-state index >= 15 is 0 Å². The number of benzene rings is 1. The molecule has 1 amide bonds. The molecule has 0 bridgehead atoms. The van der Waals surface area contributed by atoms with Crippen molar-refractivity contribution in [3.8, 4) is 0 Å². The summed E-state index contributed by atoms with van der Waals surface area (Å²) in [6.07, 6.45) is 0.288. The molecule has 8 nitrogen and oxygen atoms in total. The minimum absolute atomic E-state index is 0.0308. The predicted molar refractivity (Wildman–Crippen MR) is 106 cm³/mol. The first kappa shape index (κ1) is 20.3. The maximum Gasteiger partial charge on any atom is 0.312 e. The lowest BCUT2D eigenvalue weighted by Gasteiger charge is -2.34. The fourth-order valence-corrected chi connectivity index (χ4v) is 3.66. The average molecular weight is 406 g/mol. The lowest BCUT2D eigenvalue weighted by atomic mass is 10.2. The predicted octanol–water partition coefficient (Wildman–Crippen LogP) is 2.80. The van der Waals surface area contributed by atoms with Gasteiger partial charge in [0.05, 0.1) is 11.5 Å². The molecule has 0 atom stereocenters. The molecule has 1 aromatic heterocycles. The van der Waals surface area contributed by atoms with Gasteiger partial charge in [0, 0.05) is 44.2 Å². The zero-order valence-electron chi connectivity index (χ0n) is 16.1. The summed E-state index contributed by atoms with van der Waals surface area (Å²) in [5, 5.41) is 16.0. The van der Waals surface area contributed by atoms with Crippen LogP contribution in [0.15, 0.2) is 24.3 Å². The molecule has 1 fully saturated rings. The molecule has 1 aromatic carbocycles. The number of carbonyl (C=O) groups excluding carboxylic acids is 1. The number of piperazine rings is 1. The Bertz CT molecular complexity index is 857. The monoisotopic (exact) mass is 405 g/mol. The van der Waals surface area contributed by atoms with E-state index < -0.39 is 4.92 Å². The first-order chi connectivity index (χ1) is 13.3. The van der Waals surface area contributed by atoms with Crippen LogP contribution in [0.1, 0.15) is 23.4 Å². The third-order valence-corrected chi connectivity index (χ3v) is 5.36. The van der Waals surface area contributed by atoms with Crippen LogP contribution in [-0.4, -0.2) is 56.6 Å². The first-order valence-corrected chi connectivity index (χ1v) is 9.66. The number of nitro groups is 1. The molecule has 9 heteroatoms. The minimum Gasteiger partial charge on any atom is -0.340 e. The van der Waals surface area contributed by atoms with E-state index in [1.54, 1.807) is 18.5 Å². The van der Waals surface area contributed by atoms with Crippen LogP contribution in [0.25, 0.3) is 0 Å². The molecule has 0 aliphatic carbocycles. The standard InChI is InChI=1S/C19H24ClN5O3/c1-14-19(25(27)28)15(2)24(21-14)8-7-18(26)23-11-9-22(10-12-23)13-16-3-5-17(20)6-4-16/h3-6H,7-13H2,1-2H3. The maximum absolute atomic E-state index is 12.5. The summed E-state index contributed by atoms with van der Waals surface area (Å²) in [4.78, 5) is 27.4. The molecule has 2 heterocycles. The van der Waals surface area contributed by atoms with Crippen molar-refractivity contribution >= 4 is 23.2 Å². The zero-order valence-corrected chi connectivity index (χ0v) is 16.9. The molecule has 0 saturated carbocycles. The summed E-state index contributed by atoms with van der Waals surface area (Å²) < 4.78 is 1.56. The number of aromatic nitrogens is 2. The van der Waals surface area contributed by atoms with E-state index in [1.807, 2.05) is 29.2 Å². The van der Waals surface area contributed by atoms with Crippen LogP contribution in [0.2, 0.25) is 5.02 Å². The van der Waals surface area contributed by atoms with E-state index in [-0.39, 0.29) is 18.0 Å². The number of nitrogens with zero attached hydrogens (tertiary/aromatic N) is 5. The Kier molecular flexibility index (Phi) is 6.31. The van der Waals surface area contributed by atoms with Gasteiger partial charge in [0.2, 0.25) is 5.91 Å². The fraction of sp³-hybridized carbons (Fsp3) is 0.474. The van der Waals surface area contributed by atoms with Gasteiger partial charge < -0.3 is 4.90 Å². The van der Waals surface area contributed by atoms with E-state index in [1.165, 1.54) is 5.56 Å². The summed E-state index contributed by atoms with van der Waals surface area (Å²) in [6, 6.07) is 7.82. The van der Waals surface area contributed by atoms with Gasteiger partial charge in [-0.3, -0.25) is 24.5 Å². The Morgan fingerprint density at radius 3 is 2.39 bits per heavy atom. The van der Waals surface area contributed by atoms with Gasteiger partial charge in [-0.1, -0.05) is 23.7 Å². The molecule has 150 valence electrons. The SMILES string of the molecule is Cc1nn(CCC(=O)N2CCN(Cc3ccc(Cl)cc3)CC2)c(C)c1[N+](=O)[O-]. The van der Waals surface area contributed by atoms with Crippen LogP contribution in [0.3, 0.4) is 0 Å². The fourth-order valence-electron chi connectivity index (χ4n) is 3.53. The molecule has 0 N–H and O–H groups in total. The maximum atomic E-state index is 12.5. The van der Waals surface area contributed by atoms with Gasteiger partial charge in [-0.25, -0.2) is 0 Å². The van der Waals surface area contributed by atoms with Gasteiger partial charge in [-0.15, -0.1) is 0 Å². The van der Waals surface area contributed by atoms with Gasteiger partial charge in [-0.05, 0) is 31.5 Å². The first-order valence-electron chi connectivity index (χ1n) is 9.28. The number of aryl methyl sites for hydroxylation is 2. The quantitative estimate of drug-likeness (QED) is 0.545. The van der Waals surface area contributed by atoms with Crippen molar-refractivity contribution in [2.24, 2.45) is 0 Å². The molecular formula is C19H24ClN5O3. The Hall–Kier alpha value is -2.45. The smallest absolute Gasteiger partial charge is 0.312 e. The second-order valence-corrected chi connectivity index (χ2v) is 7.47. The molecule has 0 spiro atoms. The van der Waals surface area contributed by atoms with E-state index in [4.69, 9.17) is 11.6 Å². The van der Waals surface area contributed by atoms with Crippen molar-refractivity contribution in [2.75, 3.05) is 26.2 Å². The van der Waals surface area contributed by atoms with E-state index in [9.17, 15) is 14.9 Å². The van der Waals surface area contributed by atoms with Crippen LogP contribution in [-0.2, 0) is 17.9 Å². The topological polar surface area (TPSA) is 84.5 Å². The molecule has 28 heavy (non-hydrogen) atoms. The van der Waals surface area contributed by atoms with Crippen LogP contribution in [0, 0.1) is 24.0 Å². The van der Waals surface area contributed by atoms with Crippen molar-refractivity contribution in [1.82, 2.24) is 19.6 Å². The highest BCUT2D eigenvalue weighted by atomic mass is 35.5. The molecule has 0 unspecified atom stereocenters. The normalized spacial score (nSPS) is 15.0. The number of hydrogen-bond acceptors (Lipinski definition) is 5. The van der Waals surface area contributed by atoms with Crippen LogP contribution < -0.4 is 0 Å². The van der Waals surface area contributed by atoms with Crippen molar-refractivity contribution < 1.29 is 9.72 Å². The summed E-state index contributed by atoms with van der Waals surface area (Å²) in [5.74, 6) is 0.0568. The Morgan fingerprint density at radius 1 is 1.18 bits per heavy atom. The third-order valence-electron chi connectivity index (χ3n) is 5.11. The lowest BCUT2D eigenvalue weighted by molar-refractivity contribution is -0.386. The van der Waals surface area contributed by atoms with Gasteiger partial charge >= 0.3 is 5.69 Å². The van der Waals surface area contributed by atoms with Crippen molar-refractivity contribution in [3.63, 3.8) is 0 Å². The van der Waals surface area contributed by atoms with Crippen LogP contribution in [0.5, 0.6) is 0 Å². The van der Waals surface area contributed by atoms with Gasteiger partial charge in [0.1, 0.15) is 11.4 Å². The van der Waals surface area contributed by atoms with Crippen molar-refractivity contribution in [3.05, 3.63) is 56.4 Å². The Labute approximate surface area is 168 Å². The van der Waals surface area contributed by atoms with Gasteiger partial charge in [0.15, 0.2) is 0 Å². The number of amides is 1. The summed E-state index contributed by atoms with van der Waals surface area (Å²) in [7, 11) is 0. The van der Waals surface area contributed by atoms with E-state index in [2.05, 4.69) is 10.00 Å². The minimum atomic E-state index is -0.421. The molecule has 0 radical (unpaired) electrons. The Balaban J connectivity index is 1.48. The third kappa shape index (κ3) is 4.69. The van der Waals surface area contributed by atoms with Gasteiger partial charge in [-0.2, -0.15) is 5.10 Å². The number of halogens is 1. The zero-order chi connectivity index (χ0) is 20.3. The van der Waals surface area contributed by atoms with Crippen LogP contribution in [0.4, 0.5) is 5.69 Å². The highest BCUT2D eigenvalue weighted by molar-refractivity contribution is 6.30. The Morgan fingerprint density at radius 2 is 1.82 bits per heavy atom. The second-order valence-electron chi connectivity index (χ2n) is 7.03. The van der Waals surface area contributed by atoms with Crippen molar-refractivity contribution in [2.45, 2.75) is 33.4 Å². The molecule has 1 saturated heterocycles. The van der Waals surface area contributed by atoms with E-state index in [0.29, 0.717) is 31.0 Å². The summed E-state index contributed by atoms with van der Waals surface area (Å²) in [6.45, 7) is 7.48. The van der Waals surface area contributed by atoms with Crippen molar-refractivity contribution in [1.29, 1.82) is 0 Å². The molecule has 2 aromatic rings. The van der Waals surface area contributed by atoms with Gasteiger partial charge in [0.25, 0.3) is 0 Å². The molecule has 1 aliphatic rings. The lowest BCUT2D eigenvalue weighted by Crippen LogP contribution is -2.48. The summed E-state index contributed by atoms with van der Waals surface area (Å²) >= 11 is 5.92. The largest absolute Gasteiger partial charge is 0.340 e. The molecular weight excluding hydrogens is 382 g/mol. The average Bonchev–Trinajstić information content (AvgIpc) is 2.95. The number of hydrogen-bond donors (Lipinski definition) is 0. The highest BCUT2D eigenvalue weighted by Gasteiger charge is 2.24. The number of rotatable bonds is 6. The molecule has 3 rings (SSSR count). The summed E-state index contributed by atoms with van der Waals surface area (Å²) in [5.41, 5.74) is 2.10. The number of carbonyl (C=O) groups is 1. The highest BCUT2D eigenvalue weighted by Crippen LogP contribution is 2.22. The van der Waals surface area contributed by atoms with E-state index in [0.717, 1.165) is 24.7 Å². The van der Waals surface area contributed by atoms with Crippen LogP contribution >= 0.6 is 11.6 Å². The second kappa shape index (κ2) is 8.70.